The molecule has 1 aromatic carbocycles. The highest BCUT2D eigenvalue weighted by Crippen LogP contribution is 2.34. The van der Waals surface area contributed by atoms with Crippen LogP contribution >= 0.6 is 0 Å². The molecule has 3 N–H and O–H groups in total. The molecule has 1 aliphatic rings. The SMILES string of the molecule is C[C@H]([C@H](O)c1ccccc1)N(C)C(=O)[C@@H](CC1CCOCC1)C(NC(=O)O)C(C)(C)C. The molecular formula is C24H38N2O5. The molecular weight excluding hydrogens is 396 g/mol. The van der Waals surface area contributed by atoms with Crippen molar-refractivity contribution >= 4 is 12.0 Å². The Morgan fingerprint density at radius 2 is 1.77 bits per heavy atom. The van der Waals surface area contributed by atoms with Crippen LogP contribution in [0.2, 0.25) is 0 Å². The Morgan fingerprint density at radius 3 is 2.29 bits per heavy atom. The van der Waals surface area contributed by atoms with Crippen LogP contribution in [0.1, 0.15) is 58.6 Å². The van der Waals surface area contributed by atoms with Crippen molar-refractivity contribution in [2.45, 2.75) is 65.1 Å². The number of hydrogen-bond acceptors (Lipinski definition) is 4. The molecule has 1 heterocycles. The van der Waals surface area contributed by atoms with E-state index in [1.165, 1.54) is 0 Å². The molecule has 7 heteroatoms. The van der Waals surface area contributed by atoms with Crippen LogP contribution in [0.15, 0.2) is 30.3 Å². The lowest BCUT2D eigenvalue weighted by Crippen LogP contribution is -2.55. The van der Waals surface area contributed by atoms with Crippen LogP contribution < -0.4 is 5.32 Å². The summed E-state index contributed by atoms with van der Waals surface area (Å²) >= 11 is 0. The highest BCUT2D eigenvalue weighted by Gasteiger charge is 2.41. The van der Waals surface area contributed by atoms with Crippen LogP contribution in [-0.2, 0) is 9.53 Å². The molecule has 0 bridgehead atoms. The molecule has 174 valence electrons. The molecule has 31 heavy (non-hydrogen) atoms. The monoisotopic (exact) mass is 434 g/mol. The fourth-order valence-electron chi connectivity index (χ4n) is 4.38. The van der Waals surface area contributed by atoms with E-state index in [0.29, 0.717) is 25.6 Å². The number of likely N-dealkylation sites (N-methyl/N-ethyl adjacent to an activating group) is 1. The number of benzene rings is 1. The first-order valence-corrected chi connectivity index (χ1v) is 11.1. The van der Waals surface area contributed by atoms with Gasteiger partial charge >= 0.3 is 6.09 Å². The van der Waals surface area contributed by atoms with Gasteiger partial charge in [0.1, 0.15) is 0 Å². The molecule has 0 aromatic heterocycles. The van der Waals surface area contributed by atoms with Crippen LogP contribution in [0.5, 0.6) is 0 Å². The summed E-state index contributed by atoms with van der Waals surface area (Å²) in [7, 11) is 1.69. The summed E-state index contributed by atoms with van der Waals surface area (Å²) < 4.78 is 5.46. The van der Waals surface area contributed by atoms with E-state index in [4.69, 9.17) is 4.74 Å². The molecule has 1 aromatic rings. The lowest BCUT2D eigenvalue weighted by atomic mass is 9.73. The lowest BCUT2D eigenvalue weighted by molar-refractivity contribution is -0.141. The Kier molecular flexibility index (Phi) is 8.89. The molecule has 4 atom stereocenters. The van der Waals surface area contributed by atoms with Gasteiger partial charge < -0.3 is 25.2 Å². The van der Waals surface area contributed by atoms with Crippen LogP contribution in [0.25, 0.3) is 0 Å². The number of carbonyl (C=O) groups excluding carboxylic acids is 1. The molecule has 1 aliphatic heterocycles. The van der Waals surface area contributed by atoms with Crippen molar-refractivity contribution in [2.24, 2.45) is 17.3 Å². The third-order valence-corrected chi connectivity index (χ3v) is 6.42. The van der Waals surface area contributed by atoms with Gasteiger partial charge in [0.2, 0.25) is 5.91 Å². The van der Waals surface area contributed by atoms with Crippen molar-refractivity contribution < 1.29 is 24.5 Å². The van der Waals surface area contributed by atoms with Gasteiger partial charge in [-0.3, -0.25) is 4.79 Å². The fraction of sp³-hybridized carbons (Fsp3) is 0.667. The number of amides is 2. The van der Waals surface area contributed by atoms with Gasteiger partial charge in [-0.15, -0.1) is 0 Å². The molecule has 1 fully saturated rings. The Labute approximate surface area is 185 Å². The second kappa shape index (κ2) is 11.0. The quantitative estimate of drug-likeness (QED) is 0.580. The summed E-state index contributed by atoms with van der Waals surface area (Å²) in [6, 6.07) is 8.25. The van der Waals surface area contributed by atoms with Crippen molar-refractivity contribution in [2.75, 3.05) is 20.3 Å². The van der Waals surface area contributed by atoms with Crippen LogP contribution in [0, 0.1) is 17.3 Å². The van der Waals surface area contributed by atoms with Gasteiger partial charge in [-0.1, -0.05) is 51.1 Å². The van der Waals surface area contributed by atoms with Gasteiger partial charge in [-0.05, 0) is 43.1 Å². The normalized spacial score (nSPS) is 19.2. The first-order chi connectivity index (χ1) is 14.5. The van der Waals surface area contributed by atoms with Gasteiger partial charge in [-0.25, -0.2) is 4.79 Å². The summed E-state index contributed by atoms with van der Waals surface area (Å²) in [5, 5.41) is 22.9. The number of carbonyl (C=O) groups is 2. The van der Waals surface area contributed by atoms with Crippen LogP contribution in [0.4, 0.5) is 4.79 Å². The number of ether oxygens (including phenoxy) is 1. The Bertz CT molecular complexity index is 712. The zero-order valence-corrected chi connectivity index (χ0v) is 19.4. The van der Waals surface area contributed by atoms with Gasteiger partial charge in [0.15, 0.2) is 0 Å². The first-order valence-electron chi connectivity index (χ1n) is 11.1. The van der Waals surface area contributed by atoms with Gasteiger partial charge in [0.05, 0.1) is 18.1 Å². The zero-order chi connectivity index (χ0) is 23.2. The van der Waals surface area contributed by atoms with Crippen molar-refractivity contribution in [1.29, 1.82) is 0 Å². The molecule has 2 amide bonds. The number of rotatable bonds is 8. The molecule has 0 aliphatic carbocycles. The van der Waals surface area contributed by atoms with Crippen LogP contribution in [-0.4, -0.2) is 59.5 Å². The summed E-state index contributed by atoms with van der Waals surface area (Å²) in [6.45, 7) is 8.98. The summed E-state index contributed by atoms with van der Waals surface area (Å²) in [5.74, 6) is -0.386. The minimum atomic E-state index is -1.13. The van der Waals surface area contributed by atoms with Crippen molar-refractivity contribution in [3.8, 4) is 0 Å². The maximum atomic E-state index is 13.7. The number of aliphatic hydroxyl groups is 1. The lowest BCUT2D eigenvalue weighted by Gasteiger charge is -2.41. The fourth-order valence-corrected chi connectivity index (χ4v) is 4.38. The zero-order valence-electron chi connectivity index (χ0n) is 19.4. The second-order valence-electron chi connectivity index (χ2n) is 9.74. The summed E-state index contributed by atoms with van der Waals surface area (Å²) in [6.07, 6.45) is 0.339. The van der Waals surface area contributed by atoms with Gasteiger partial charge in [0.25, 0.3) is 0 Å². The average molecular weight is 435 g/mol. The minimum absolute atomic E-state index is 0.150. The summed E-state index contributed by atoms with van der Waals surface area (Å²) in [4.78, 5) is 26.9. The number of nitrogens with zero attached hydrogens (tertiary/aromatic N) is 1. The third-order valence-electron chi connectivity index (χ3n) is 6.42. The molecule has 1 unspecified atom stereocenters. The highest BCUT2D eigenvalue weighted by atomic mass is 16.5. The Hall–Kier alpha value is -2.12. The van der Waals surface area contributed by atoms with Crippen molar-refractivity contribution in [3.63, 3.8) is 0 Å². The number of aliphatic hydroxyl groups excluding tert-OH is 1. The van der Waals surface area contributed by atoms with E-state index in [1.807, 2.05) is 58.0 Å². The molecule has 2 rings (SSSR count). The van der Waals surface area contributed by atoms with Crippen molar-refractivity contribution in [3.05, 3.63) is 35.9 Å². The third kappa shape index (κ3) is 6.94. The summed E-state index contributed by atoms with van der Waals surface area (Å²) in [5.41, 5.74) is 0.290. The Morgan fingerprint density at radius 1 is 1.19 bits per heavy atom. The van der Waals surface area contributed by atoms with E-state index in [-0.39, 0.29) is 5.91 Å². The smallest absolute Gasteiger partial charge is 0.404 e. The van der Waals surface area contributed by atoms with Crippen LogP contribution in [0.3, 0.4) is 0 Å². The van der Waals surface area contributed by atoms with Gasteiger partial charge in [0, 0.05) is 26.3 Å². The largest absolute Gasteiger partial charge is 0.465 e. The van der Waals surface area contributed by atoms with E-state index >= 15 is 0 Å². The molecule has 0 radical (unpaired) electrons. The molecule has 1 saturated heterocycles. The predicted octanol–water partition coefficient (Wildman–Crippen LogP) is 3.68. The topological polar surface area (TPSA) is 99.1 Å². The maximum Gasteiger partial charge on any atom is 0.404 e. The van der Waals surface area contributed by atoms with E-state index in [9.17, 15) is 19.8 Å². The van der Waals surface area contributed by atoms with E-state index in [2.05, 4.69) is 5.32 Å². The Balaban J connectivity index is 2.29. The molecule has 7 nitrogen and oxygen atoms in total. The maximum absolute atomic E-state index is 13.7. The standard InChI is InChI=1S/C24H38N2O5/c1-16(20(27)18-9-7-6-8-10-18)26(5)22(28)19(15-17-11-13-31-14-12-17)21(24(2,3)4)25-23(29)30/h6-10,16-17,19-21,25,27H,11-15H2,1-5H3,(H,29,30)/t16-,19+,20+,21?/m1/s1. The second-order valence-corrected chi connectivity index (χ2v) is 9.74. The number of nitrogens with one attached hydrogen (secondary N) is 1. The average Bonchev–Trinajstić information content (AvgIpc) is 2.74. The predicted molar refractivity (Wildman–Crippen MR) is 120 cm³/mol. The number of carboxylic acid groups (broad SMARTS) is 1. The minimum Gasteiger partial charge on any atom is -0.465 e. The van der Waals surface area contributed by atoms with Gasteiger partial charge in [-0.2, -0.15) is 0 Å². The molecule has 0 saturated carbocycles. The van der Waals surface area contributed by atoms with E-state index in [0.717, 1.165) is 18.4 Å². The van der Waals surface area contributed by atoms with E-state index < -0.39 is 35.6 Å². The van der Waals surface area contributed by atoms with E-state index in [1.54, 1.807) is 11.9 Å². The molecule has 0 spiro atoms. The number of hydrogen-bond donors (Lipinski definition) is 3. The first kappa shape index (κ1) is 25.1. The van der Waals surface area contributed by atoms with Crippen molar-refractivity contribution in [1.82, 2.24) is 10.2 Å². The highest BCUT2D eigenvalue weighted by molar-refractivity contribution is 5.80.